The average Bonchev–Trinajstić information content (AvgIpc) is 2.66. The van der Waals surface area contributed by atoms with Crippen LogP contribution >= 0.6 is 0 Å². The van der Waals surface area contributed by atoms with Crippen LogP contribution in [-0.4, -0.2) is 5.97 Å². The highest BCUT2D eigenvalue weighted by Crippen LogP contribution is 2.32. The van der Waals surface area contributed by atoms with Crippen LogP contribution in [0.1, 0.15) is 61.5 Å². The molecule has 27 heavy (non-hydrogen) atoms. The summed E-state index contributed by atoms with van der Waals surface area (Å²) in [4.78, 5) is 13.0. The predicted octanol–water partition coefficient (Wildman–Crippen LogP) is 6.58. The molecule has 0 heterocycles. The summed E-state index contributed by atoms with van der Waals surface area (Å²) in [6.45, 7) is 7.98. The molecule has 0 bridgehead atoms. The van der Waals surface area contributed by atoms with Crippen molar-refractivity contribution in [3.05, 3.63) is 83.2 Å². The first-order valence-electron chi connectivity index (χ1n) is 9.34. The first-order chi connectivity index (χ1) is 12.8. The van der Waals surface area contributed by atoms with Crippen molar-refractivity contribution in [1.29, 1.82) is 0 Å². The summed E-state index contributed by atoms with van der Waals surface area (Å²) in [6, 6.07) is 17.9. The highest BCUT2D eigenvalue weighted by atomic mass is 19.1. The van der Waals surface area contributed by atoms with Crippen molar-refractivity contribution in [3.63, 3.8) is 0 Å². The Morgan fingerprint density at radius 3 is 2.30 bits per heavy atom. The number of halogens is 1. The maximum absolute atomic E-state index is 13.2. The average molecular weight is 364 g/mol. The van der Waals surface area contributed by atoms with Crippen LogP contribution in [0.3, 0.4) is 0 Å². The Hall–Kier alpha value is -2.68. The lowest BCUT2D eigenvalue weighted by molar-refractivity contribution is -0.00291. The fourth-order valence-corrected chi connectivity index (χ4v) is 3.36. The molecule has 3 aromatic rings. The number of rotatable bonds is 5. The van der Waals surface area contributed by atoms with Gasteiger partial charge in [0.25, 0.3) is 0 Å². The molecule has 0 fully saturated rings. The Kier molecular flexibility index (Phi) is 5.31. The highest BCUT2D eigenvalue weighted by molar-refractivity contribution is 6.05. The van der Waals surface area contributed by atoms with Crippen LogP contribution in [0.4, 0.5) is 4.39 Å². The van der Waals surface area contributed by atoms with E-state index in [9.17, 15) is 9.18 Å². The predicted molar refractivity (Wildman–Crippen MR) is 107 cm³/mol. The number of esters is 1. The molecule has 0 amide bonds. The van der Waals surface area contributed by atoms with Crippen molar-refractivity contribution in [2.75, 3.05) is 0 Å². The summed E-state index contributed by atoms with van der Waals surface area (Å²) in [6.07, 6.45) is 1.03. The second-order valence-corrected chi connectivity index (χ2v) is 7.46. The van der Waals surface area contributed by atoms with E-state index in [-0.39, 0.29) is 11.8 Å². The zero-order valence-corrected chi connectivity index (χ0v) is 16.3. The number of carbonyl (C=O) groups is 1. The van der Waals surface area contributed by atoms with Crippen LogP contribution < -0.4 is 0 Å². The summed E-state index contributed by atoms with van der Waals surface area (Å²) >= 11 is 0. The van der Waals surface area contributed by atoms with Gasteiger partial charge in [-0.3, -0.25) is 0 Å². The standard InChI is InChI=1S/C24H25FO2/c1-5-16(2)19-8-6-10-21-20(19)9-7-11-22(21)23(26)27-24(3,4)17-12-14-18(25)15-13-17/h6-16H,5H2,1-4H3. The van der Waals surface area contributed by atoms with Crippen LogP contribution in [-0.2, 0) is 10.3 Å². The molecule has 2 nitrogen and oxygen atoms in total. The molecule has 0 aliphatic heterocycles. The van der Waals surface area contributed by atoms with E-state index >= 15 is 0 Å². The van der Waals surface area contributed by atoms with Gasteiger partial charge in [-0.25, -0.2) is 9.18 Å². The fourth-order valence-electron chi connectivity index (χ4n) is 3.36. The van der Waals surface area contributed by atoms with Gasteiger partial charge in [0, 0.05) is 0 Å². The van der Waals surface area contributed by atoms with E-state index in [4.69, 9.17) is 4.74 Å². The second-order valence-electron chi connectivity index (χ2n) is 7.46. The third-order valence-electron chi connectivity index (χ3n) is 5.21. The zero-order chi connectivity index (χ0) is 19.6. The molecule has 140 valence electrons. The minimum Gasteiger partial charge on any atom is -0.451 e. The monoisotopic (exact) mass is 364 g/mol. The SMILES string of the molecule is CCC(C)c1cccc2c(C(=O)OC(C)(C)c3ccc(F)cc3)cccc12. The van der Waals surface area contributed by atoms with Crippen LogP contribution in [0.5, 0.6) is 0 Å². The van der Waals surface area contributed by atoms with E-state index in [1.54, 1.807) is 18.2 Å². The van der Waals surface area contributed by atoms with E-state index in [1.807, 2.05) is 32.0 Å². The van der Waals surface area contributed by atoms with Crippen molar-refractivity contribution < 1.29 is 13.9 Å². The number of carbonyl (C=O) groups excluding carboxylic acids is 1. The summed E-state index contributed by atoms with van der Waals surface area (Å²) in [5.74, 6) is -0.278. The van der Waals surface area contributed by atoms with Crippen molar-refractivity contribution in [2.45, 2.75) is 45.6 Å². The van der Waals surface area contributed by atoms with E-state index in [2.05, 4.69) is 26.0 Å². The minimum absolute atomic E-state index is 0.312. The number of fused-ring (bicyclic) bond motifs is 1. The summed E-state index contributed by atoms with van der Waals surface area (Å²) < 4.78 is 19.0. The van der Waals surface area contributed by atoms with Crippen LogP contribution in [0.15, 0.2) is 60.7 Å². The molecule has 0 radical (unpaired) electrons. The second kappa shape index (κ2) is 7.51. The normalized spacial score (nSPS) is 12.8. The van der Waals surface area contributed by atoms with Crippen molar-refractivity contribution >= 4 is 16.7 Å². The maximum Gasteiger partial charge on any atom is 0.339 e. The van der Waals surface area contributed by atoms with Crippen LogP contribution in [0, 0.1) is 5.82 Å². The molecule has 1 atom stereocenters. The molecule has 0 aromatic heterocycles. The lowest BCUT2D eigenvalue weighted by Gasteiger charge is -2.26. The Morgan fingerprint density at radius 1 is 1.00 bits per heavy atom. The Labute approximate surface area is 160 Å². The molecule has 3 rings (SSSR count). The molecule has 0 aliphatic carbocycles. The molecule has 0 spiro atoms. The van der Waals surface area contributed by atoms with Gasteiger partial charge in [-0.2, -0.15) is 0 Å². The summed E-state index contributed by atoms with van der Waals surface area (Å²) in [7, 11) is 0. The largest absolute Gasteiger partial charge is 0.451 e. The lowest BCUT2D eigenvalue weighted by atomic mass is 9.91. The minimum atomic E-state index is -0.860. The molecular weight excluding hydrogens is 339 g/mol. The van der Waals surface area contributed by atoms with Gasteiger partial charge >= 0.3 is 5.97 Å². The van der Waals surface area contributed by atoms with Gasteiger partial charge in [-0.05, 0) is 66.3 Å². The van der Waals surface area contributed by atoms with Crippen molar-refractivity contribution in [3.8, 4) is 0 Å². The third kappa shape index (κ3) is 3.87. The van der Waals surface area contributed by atoms with Gasteiger partial charge in [-0.1, -0.05) is 56.3 Å². The molecule has 0 saturated carbocycles. The number of benzene rings is 3. The van der Waals surface area contributed by atoms with E-state index < -0.39 is 5.60 Å². The van der Waals surface area contributed by atoms with Gasteiger partial charge in [0.15, 0.2) is 0 Å². The molecule has 0 aliphatic rings. The van der Waals surface area contributed by atoms with E-state index in [1.165, 1.54) is 17.7 Å². The number of hydrogen-bond acceptors (Lipinski definition) is 2. The zero-order valence-electron chi connectivity index (χ0n) is 16.3. The molecule has 1 unspecified atom stereocenters. The topological polar surface area (TPSA) is 26.3 Å². The Bertz CT molecular complexity index is 958. The smallest absolute Gasteiger partial charge is 0.339 e. The van der Waals surface area contributed by atoms with E-state index in [0.29, 0.717) is 11.5 Å². The summed E-state index contributed by atoms with van der Waals surface area (Å²) in [5.41, 5.74) is 1.68. The van der Waals surface area contributed by atoms with Crippen LogP contribution in [0.25, 0.3) is 10.8 Å². The van der Waals surface area contributed by atoms with Crippen LogP contribution in [0.2, 0.25) is 0 Å². The van der Waals surface area contributed by atoms with Gasteiger partial charge < -0.3 is 4.74 Å². The fraction of sp³-hybridized carbons (Fsp3) is 0.292. The first-order valence-corrected chi connectivity index (χ1v) is 9.34. The van der Waals surface area contributed by atoms with Gasteiger partial charge in [0.2, 0.25) is 0 Å². The Morgan fingerprint density at radius 2 is 1.63 bits per heavy atom. The quantitative estimate of drug-likeness (QED) is 0.478. The molecule has 0 saturated heterocycles. The van der Waals surface area contributed by atoms with Gasteiger partial charge in [0.05, 0.1) is 5.56 Å². The van der Waals surface area contributed by atoms with Crippen molar-refractivity contribution in [2.24, 2.45) is 0 Å². The number of ether oxygens (including phenoxy) is 1. The maximum atomic E-state index is 13.2. The molecule has 3 heteroatoms. The summed E-state index contributed by atoms with van der Waals surface area (Å²) in [5, 5.41) is 1.98. The third-order valence-corrected chi connectivity index (χ3v) is 5.21. The molecular formula is C24H25FO2. The Balaban J connectivity index is 1.97. The highest BCUT2D eigenvalue weighted by Gasteiger charge is 2.27. The lowest BCUT2D eigenvalue weighted by Crippen LogP contribution is -2.25. The van der Waals surface area contributed by atoms with E-state index in [0.717, 1.165) is 22.8 Å². The first kappa shape index (κ1) is 19.1. The molecule has 3 aromatic carbocycles. The van der Waals surface area contributed by atoms with Crippen molar-refractivity contribution in [1.82, 2.24) is 0 Å². The number of hydrogen-bond donors (Lipinski definition) is 0. The molecule has 0 N–H and O–H groups in total. The van der Waals surface area contributed by atoms with Gasteiger partial charge in [-0.15, -0.1) is 0 Å². The van der Waals surface area contributed by atoms with Gasteiger partial charge in [0.1, 0.15) is 11.4 Å².